The normalized spacial score (nSPS) is 12.6. The molecule has 2 N–H and O–H groups in total. The number of ether oxygens (including phenoxy) is 3. The first-order valence-corrected chi connectivity index (χ1v) is 9.70. The summed E-state index contributed by atoms with van der Waals surface area (Å²) in [5.74, 6) is -0.784. The molecule has 0 amide bonds. The lowest BCUT2D eigenvalue weighted by molar-refractivity contribution is -0.153. The Morgan fingerprint density at radius 2 is 1.68 bits per heavy atom. The predicted octanol–water partition coefficient (Wildman–Crippen LogP) is 4.68. The molecule has 0 aliphatic heterocycles. The number of hydrogen-bond donors (Lipinski definition) is 2. The van der Waals surface area contributed by atoms with Gasteiger partial charge in [0.05, 0.1) is 24.9 Å². The van der Waals surface area contributed by atoms with Gasteiger partial charge in [0.2, 0.25) is 0 Å². The van der Waals surface area contributed by atoms with Crippen molar-refractivity contribution in [1.82, 2.24) is 0 Å². The second-order valence-corrected chi connectivity index (χ2v) is 7.05. The number of benzene rings is 2. The van der Waals surface area contributed by atoms with Gasteiger partial charge in [0.25, 0.3) is 0 Å². The van der Waals surface area contributed by atoms with Gasteiger partial charge in [0, 0.05) is 18.4 Å². The molecule has 0 heterocycles. The number of alkyl halides is 3. The molecule has 0 bridgehead atoms. The average molecular weight is 442 g/mol. The summed E-state index contributed by atoms with van der Waals surface area (Å²) in [6, 6.07) is 9.17. The van der Waals surface area contributed by atoms with Crippen molar-refractivity contribution in [3.8, 4) is 17.2 Å². The quantitative estimate of drug-likeness (QED) is 0.492. The zero-order chi connectivity index (χ0) is 23.0. The fourth-order valence-corrected chi connectivity index (χ4v) is 2.74. The topological polar surface area (TPSA) is 85.2 Å². The number of carboxylic acid groups (broad SMARTS) is 1. The summed E-state index contributed by atoms with van der Waals surface area (Å²) < 4.78 is 53.9. The van der Waals surface area contributed by atoms with Crippen molar-refractivity contribution in [2.75, 3.05) is 13.2 Å². The molecule has 2 aromatic rings. The Morgan fingerprint density at radius 3 is 2.26 bits per heavy atom. The van der Waals surface area contributed by atoms with Gasteiger partial charge in [-0.05, 0) is 44.2 Å². The number of phenolic OH excluding ortho intramolecular Hbond substituents is 1. The third-order valence-corrected chi connectivity index (χ3v) is 4.20. The third kappa shape index (κ3) is 7.67. The van der Waals surface area contributed by atoms with Gasteiger partial charge < -0.3 is 24.4 Å². The van der Waals surface area contributed by atoms with E-state index in [9.17, 15) is 28.2 Å². The molecule has 0 aromatic heterocycles. The Bertz CT molecular complexity index is 849. The molecule has 1 unspecified atom stereocenters. The number of carbonyl (C=O) groups is 1. The summed E-state index contributed by atoms with van der Waals surface area (Å²) >= 11 is 0. The van der Waals surface area contributed by atoms with Crippen LogP contribution in [-0.2, 0) is 22.1 Å². The van der Waals surface area contributed by atoms with Crippen LogP contribution in [0, 0.1) is 0 Å². The number of para-hydroxylation sites is 1. The number of rotatable bonds is 11. The molecule has 9 heteroatoms. The fraction of sp³-hybridized carbons (Fsp3) is 0.409. The van der Waals surface area contributed by atoms with Crippen molar-refractivity contribution in [2.24, 2.45) is 0 Å². The van der Waals surface area contributed by atoms with E-state index in [1.807, 2.05) is 0 Å². The number of carboxylic acids is 1. The van der Waals surface area contributed by atoms with E-state index >= 15 is 0 Å². The highest BCUT2D eigenvalue weighted by Crippen LogP contribution is 2.32. The van der Waals surface area contributed by atoms with Crippen LogP contribution in [0.5, 0.6) is 17.2 Å². The number of phenols is 1. The fourth-order valence-electron chi connectivity index (χ4n) is 2.74. The molecule has 2 aromatic carbocycles. The molecule has 31 heavy (non-hydrogen) atoms. The number of hydrogen-bond acceptors (Lipinski definition) is 5. The van der Waals surface area contributed by atoms with Crippen LogP contribution in [0.3, 0.4) is 0 Å². The maximum Gasteiger partial charge on any atom is 0.416 e. The summed E-state index contributed by atoms with van der Waals surface area (Å²) in [6.45, 7) is 3.84. The maximum absolute atomic E-state index is 12.5. The van der Waals surface area contributed by atoms with E-state index in [4.69, 9.17) is 14.2 Å². The van der Waals surface area contributed by atoms with Gasteiger partial charge >= 0.3 is 12.1 Å². The van der Waals surface area contributed by atoms with Gasteiger partial charge in [-0.25, -0.2) is 4.79 Å². The molecule has 170 valence electrons. The smallest absolute Gasteiger partial charge is 0.416 e. The van der Waals surface area contributed by atoms with Gasteiger partial charge in [-0.2, -0.15) is 13.2 Å². The number of aliphatic carboxylic acids is 1. The zero-order valence-electron chi connectivity index (χ0n) is 17.2. The molecule has 6 nitrogen and oxygen atoms in total. The lowest BCUT2D eigenvalue weighted by atomic mass is 10.1. The van der Waals surface area contributed by atoms with Crippen LogP contribution in [0.2, 0.25) is 0 Å². The predicted molar refractivity (Wildman–Crippen MR) is 107 cm³/mol. The first kappa shape index (κ1) is 24.3. The second kappa shape index (κ2) is 10.9. The van der Waals surface area contributed by atoms with E-state index in [1.165, 1.54) is 12.1 Å². The lowest BCUT2D eigenvalue weighted by Crippen LogP contribution is -2.29. The van der Waals surface area contributed by atoms with Crippen LogP contribution in [0.1, 0.15) is 31.4 Å². The van der Waals surface area contributed by atoms with E-state index in [-0.39, 0.29) is 37.2 Å². The molecule has 0 radical (unpaired) electrons. The van der Waals surface area contributed by atoms with E-state index in [0.29, 0.717) is 17.7 Å². The molecular formula is C22H25F3O6. The first-order chi connectivity index (χ1) is 14.6. The minimum atomic E-state index is -4.39. The Kier molecular flexibility index (Phi) is 8.56. The monoisotopic (exact) mass is 442 g/mol. The molecule has 1 atom stereocenters. The average Bonchev–Trinajstić information content (AvgIpc) is 2.69. The first-order valence-electron chi connectivity index (χ1n) is 9.70. The van der Waals surface area contributed by atoms with Crippen LogP contribution in [0.4, 0.5) is 13.2 Å². The van der Waals surface area contributed by atoms with Gasteiger partial charge in [-0.15, -0.1) is 0 Å². The summed E-state index contributed by atoms with van der Waals surface area (Å²) in [5.41, 5.74) is -0.367. The van der Waals surface area contributed by atoms with Gasteiger partial charge in [0.1, 0.15) is 5.75 Å². The number of aromatic hydroxyl groups is 1. The molecule has 0 saturated heterocycles. The van der Waals surface area contributed by atoms with Crippen molar-refractivity contribution < 1.29 is 42.4 Å². The van der Waals surface area contributed by atoms with Crippen LogP contribution in [0.15, 0.2) is 42.5 Å². The van der Waals surface area contributed by atoms with Crippen molar-refractivity contribution >= 4 is 5.97 Å². The highest BCUT2D eigenvalue weighted by atomic mass is 19.4. The van der Waals surface area contributed by atoms with Gasteiger partial charge in [0.15, 0.2) is 17.6 Å². The van der Waals surface area contributed by atoms with Crippen molar-refractivity contribution in [1.29, 1.82) is 0 Å². The summed E-state index contributed by atoms with van der Waals surface area (Å²) in [6.07, 6.45) is -5.38. The Balaban J connectivity index is 1.84. The highest BCUT2D eigenvalue weighted by Gasteiger charge is 2.30. The van der Waals surface area contributed by atoms with Crippen LogP contribution < -0.4 is 9.47 Å². The molecule has 0 spiro atoms. The van der Waals surface area contributed by atoms with Gasteiger partial charge in [-0.1, -0.05) is 12.1 Å². The van der Waals surface area contributed by atoms with E-state index in [2.05, 4.69) is 0 Å². The highest BCUT2D eigenvalue weighted by molar-refractivity contribution is 5.73. The van der Waals surface area contributed by atoms with E-state index in [0.717, 1.165) is 12.1 Å². The minimum absolute atomic E-state index is 0.0203. The van der Waals surface area contributed by atoms with Crippen molar-refractivity contribution in [3.05, 3.63) is 53.6 Å². The molecule has 2 rings (SSSR count). The standard InChI is InChI=1S/C22H25F3O6/c1-14(2)31-19(21(27)28)13-15-5-3-6-18(20(15)26)30-12-4-11-29-17-9-7-16(8-10-17)22(23,24)25/h3,5-10,14,19,26H,4,11-13H2,1-2H3,(H,27,28). The molecular weight excluding hydrogens is 417 g/mol. The van der Waals surface area contributed by atoms with Crippen LogP contribution in [0.25, 0.3) is 0 Å². The lowest BCUT2D eigenvalue weighted by Gasteiger charge is -2.18. The SMILES string of the molecule is CC(C)OC(Cc1cccc(OCCCOc2ccc(C(F)(F)F)cc2)c1O)C(=O)O. The molecule has 0 fully saturated rings. The van der Waals surface area contributed by atoms with E-state index in [1.54, 1.807) is 32.0 Å². The van der Waals surface area contributed by atoms with Gasteiger partial charge in [-0.3, -0.25) is 0 Å². The van der Waals surface area contributed by atoms with Crippen molar-refractivity contribution in [3.63, 3.8) is 0 Å². The molecule has 0 aliphatic carbocycles. The maximum atomic E-state index is 12.5. The Hall–Kier alpha value is -2.94. The van der Waals surface area contributed by atoms with Crippen molar-refractivity contribution in [2.45, 2.75) is 45.1 Å². The Morgan fingerprint density at radius 1 is 1.03 bits per heavy atom. The zero-order valence-corrected chi connectivity index (χ0v) is 17.2. The summed E-state index contributed by atoms with van der Waals surface area (Å²) in [4.78, 5) is 11.4. The summed E-state index contributed by atoms with van der Waals surface area (Å²) in [5, 5.41) is 19.7. The van der Waals surface area contributed by atoms with Crippen LogP contribution in [-0.4, -0.2) is 41.6 Å². The summed E-state index contributed by atoms with van der Waals surface area (Å²) in [7, 11) is 0. The largest absolute Gasteiger partial charge is 0.504 e. The van der Waals surface area contributed by atoms with E-state index < -0.39 is 23.8 Å². The van der Waals surface area contributed by atoms with Crippen LogP contribution >= 0.6 is 0 Å². The number of halogens is 3. The molecule has 0 aliphatic rings. The molecule has 0 saturated carbocycles. The Labute approximate surface area is 178 Å². The third-order valence-electron chi connectivity index (χ3n) is 4.20. The second-order valence-electron chi connectivity index (χ2n) is 7.05. The minimum Gasteiger partial charge on any atom is -0.504 e.